The van der Waals surface area contributed by atoms with E-state index in [2.05, 4.69) is 4.90 Å². The maximum absolute atomic E-state index is 6.30. The highest BCUT2D eigenvalue weighted by Gasteiger charge is 2.50. The van der Waals surface area contributed by atoms with Gasteiger partial charge < -0.3 is 10.5 Å². The molecule has 1 heterocycles. The summed E-state index contributed by atoms with van der Waals surface area (Å²) in [6.45, 7) is 2.02. The molecule has 0 radical (unpaired) electrons. The predicted molar refractivity (Wildman–Crippen MR) is 78.1 cm³/mol. The Kier molecular flexibility index (Phi) is 4.16. The number of nitrogens with zero attached hydrogens (tertiary/aromatic N) is 1. The van der Waals surface area contributed by atoms with Crippen molar-refractivity contribution in [2.75, 3.05) is 20.2 Å². The lowest BCUT2D eigenvalue weighted by Crippen LogP contribution is -2.67. The van der Waals surface area contributed by atoms with Gasteiger partial charge in [-0.05, 0) is 51.0 Å². The first-order valence-corrected chi connectivity index (χ1v) is 8.31. The average Bonchev–Trinajstić information content (AvgIpc) is 2.95. The van der Waals surface area contributed by atoms with Gasteiger partial charge in [0.15, 0.2) is 0 Å². The molecule has 2 N–H and O–H groups in total. The van der Waals surface area contributed by atoms with Crippen molar-refractivity contribution in [3.05, 3.63) is 0 Å². The second-order valence-corrected chi connectivity index (χ2v) is 6.87. The summed E-state index contributed by atoms with van der Waals surface area (Å²) in [5, 5.41) is 0. The van der Waals surface area contributed by atoms with Crippen LogP contribution in [0.5, 0.6) is 0 Å². The molecular formula is C16H30N2O. The van der Waals surface area contributed by atoms with Crippen LogP contribution in [0.15, 0.2) is 0 Å². The molecule has 4 unspecified atom stereocenters. The Morgan fingerprint density at radius 1 is 1.11 bits per heavy atom. The largest absolute Gasteiger partial charge is 0.379 e. The van der Waals surface area contributed by atoms with E-state index in [1.54, 1.807) is 0 Å². The first-order valence-electron chi connectivity index (χ1n) is 8.31. The Balaban J connectivity index is 1.86. The van der Waals surface area contributed by atoms with E-state index in [0.29, 0.717) is 6.10 Å². The number of methoxy groups -OCH3 is 1. The van der Waals surface area contributed by atoms with Gasteiger partial charge in [0.1, 0.15) is 0 Å². The quantitative estimate of drug-likeness (QED) is 0.853. The van der Waals surface area contributed by atoms with Crippen LogP contribution in [-0.2, 0) is 4.74 Å². The van der Waals surface area contributed by atoms with Gasteiger partial charge in [0.05, 0.1) is 11.6 Å². The SMILES string of the molecule is COC1CCCCC1(CN)N1CCCC2CCCC21. The zero-order valence-electron chi connectivity index (χ0n) is 12.4. The van der Waals surface area contributed by atoms with Crippen molar-refractivity contribution >= 4 is 0 Å². The standard InChI is InChI=1S/C16H30N2O/c1-19-15-9-2-3-10-16(15,12-17)18-11-5-7-13-6-4-8-14(13)18/h13-15H,2-12,17H2,1H3. The second-order valence-electron chi connectivity index (χ2n) is 6.87. The topological polar surface area (TPSA) is 38.5 Å². The van der Waals surface area contributed by atoms with Crippen LogP contribution in [0.1, 0.15) is 57.8 Å². The van der Waals surface area contributed by atoms with E-state index in [1.807, 2.05) is 7.11 Å². The first kappa shape index (κ1) is 13.8. The van der Waals surface area contributed by atoms with E-state index in [4.69, 9.17) is 10.5 Å². The summed E-state index contributed by atoms with van der Waals surface area (Å²) in [6, 6.07) is 0.799. The minimum Gasteiger partial charge on any atom is -0.379 e. The van der Waals surface area contributed by atoms with Crippen LogP contribution in [0.2, 0.25) is 0 Å². The van der Waals surface area contributed by atoms with Crippen LogP contribution in [0.25, 0.3) is 0 Å². The van der Waals surface area contributed by atoms with Gasteiger partial charge >= 0.3 is 0 Å². The molecule has 3 fully saturated rings. The Labute approximate surface area is 117 Å². The molecule has 1 aliphatic heterocycles. The average molecular weight is 266 g/mol. The van der Waals surface area contributed by atoms with E-state index in [9.17, 15) is 0 Å². The molecule has 4 atom stereocenters. The molecule has 2 saturated carbocycles. The van der Waals surface area contributed by atoms with Crippen molar-refractivity contribution < 1.29 is 4.74 Å². The molecule has 0 aromatic rings. The Bertz CT molecular complexity index is 309. The third-order valence-electron chi connectivity index (χ3n) is 6.13. The van der Waals surface area contributed by atoms with Crippen LogP contribution in [0.4, 0.5) is 0 Å². The molecule has 110 valence electrons. The van der Waals surface area contributed by atoms with Gasteiger partial charge in [0.2, 0.25) is 0 Å². The number of likely N-dealkylation sites (tertiary alicyclic amines) is 1. The summed E-state index contributed by atoms with van der Waals surface area (Å²) in [5.41, 5.74) is 6.44. The summed E-state index contributed by atoms with van der Waals surface area (Å²) in [7, 11) is 1.89. The lowest BCUT2D eigenvalue weighted by atomic mass is 9.74. The summed E-state index contributed by atoms with van der Waals surface area (Å²) in [6.07, 6.45) is 12.5. The zero-order valence-corrected chi connectivity index (χ0v) is 12.4. The molecule has 2 aliphatic carbocycles. The Morgan fingerprint density at radius 3 is 2.74 bits per heavy atom. The smallest absolute Gasteiger partial charge is 0.0767 e. The normalized spacial score (nSPS) is 44.2. The van der Waals surface area contributed by atoms with Crippen molar-refractivity contribution in [2.24, 2.45) is 11.7 Å². The van der Waals surface area contributed by atoms with E-state index in [0.717, 1.165) is 18.5 Å². The molecule has 0 aromatic carbocycles. The highest BCUT2D eigenvalue weighted by atomic mass is 16.5. The second kappa shape index (κ2) is 5.71. The molecule has 3 rings (SSSR count). The lowest BCUT2D eigenvalue weighted by Gasteiger charge is -2.55. The third kappa shape index (κ3) is 2.24. The molecular weight excluding hydrogens is 236 g/mol. The maximum Gasteiger partial charge on any atom is 0.0767 e. The monoisotopic (exact) mass is 266 g/mol. The van der Waals surface area contributed by atoms with Gasteiger partial charge in [-0.3, -0.25) is 4.90 Å². The summed E-state index contributed by atoms with van der Waals surface area (Å²) >= 11 is 0. The van der Waals surface area contributed by atoms with Crippen molar-refractivity contribution in [3.63, 3.8) is 0 Å². The number of piperidine rings is 1. The molecule has 19 heavy (non-hydrogen) atoms. The molecule has 0 aromatic heterocycles. The first-order chi connectivity index (χ1) is 9.31. The van der Waals surface area contributed by atoms with Gasteiger partial charge in [0, 0.05) is 19.7 Å². The van der Waals surface area contributed by atoms with Crippen molar-refractivity contribution in [2.45, 2.75) is 75.5 Å². The highest BCUT2D eigenvalue weighted by molar-refractivity contribution is 5.06. The number of ether oxygens (including phenoxy) is 1. The maximum atomic E-state index is 6.30. The number of rotatable bonds is 3. The molecule has 3 nitrogen and oxygen atoms in total. The van der Waals surface area contributed by atoms with Crippen molar-refractivity contribution in [3.8, 4) is 0 Å². The van der Waals surface area contributed by atoms with Crippen molar-refractivity contribution in [1.29, 1.82) is 0 Å². The lowest BCUT2D eigenvalue weighted by molar-refractivity contribution is -0.107. The van der Waals surface area contributed by atoms with Gasteiger partial charge in [-0.15, -0.1) is 0 Å². The van der Waals surface area contributed by atoms with Crippen LogP contribution in [0, 0.1) is 5.92 Å². The number of fused-ring (bicyclic) bond motifs is 1. The number of hydrogen-bond donors (Lipinski definition) is 1. The van der Waals surface area contributed by atoms with E-state index < -0.39 is 0 Å². The van der Waals surface area contributed by atoms with Gasteiger partial charge in [-0.2, -0.15) is 0 Å². The molecule has 0 amide bonds. The highest BCUT2D eigenvalue weighted by Crippen LogP contribution is 2.44. The fourth-order valence-electron chi connectivity index (χ4n) is 5.21. The van der Waals surface area contributed by atoms with E-state index >= 15 is 0 Å². The predicted octanol–water partition coefficient (Wildman–Crippen LogP) is 2.54. The fourth-order valence-corrected chi connectivity index (χ4v) is 5.21. The van der Waals surface area contributed by atoms with Gasteiger partial charge in [-0.1, -0.05) is 19.3 Å². The molecule has 1 saturated heterocycles. The Morgan fingerprint density at radius 2 is 1.95 bits per heavy atom. The molecule has 3 heteroatoms. The Hall–Kier alpha value is -0.120. The molecule has 3 aliphatic rings. The minimum absolute atomic E-state index is 0.140. The third-order valence-corrected chi connectivity index (χ3v) is 6.13. The number of hydrogen-bond acceptors (Lipinski definition) is 3. The van der Waals surface area contributed by atoms with Gasteiger partial charge in [0.25, 0.3) is 0 Å². The van der Waals surface area contributed by atoms with Crippen LogP contribution < -0.4 is 5.73 Å². The van der Waals surface area contributed by atoms with Crippen LogP contribution >= 0.6 is 0 Å². The fraction of sp³-hybridized carbons (Fsp3) is 1.00. The van der Waals surface area contributed by atoms with Gasteiger partial charge in [-0.25, -0.2) is 0 Å². The van der Waals surface area contributed by atoms with Crippen molar-refractivity contribution in [1.82, 2.24) is 4.90 Å². The number of nitrogens with two attached hydrogens (primary N) is 1. The van der Waals surface area contributed by atoms with E-state index in [-0.39, 0.29) is 5.54 Å². The summed E-state index contributed by atoms with van der Waals surface area (Å²) < 4.78 is 5.88. The zero-order chi connectivity index (χ0) is 13.3. The molecule has 0 spiro atoms. The summed E-state index contributed by atoms with van der Waals surface area (Å²) in [5.74, 6) is 0.941. The van der Waals surface area contributed by atoms with E-state index in [1.165, 1.54) is 64.3 Å². The molecule has 0 bridgehead atoms. The van der Waals surface area contributed by atoms with Crippen LogP contribution in [-0.4, -0.2) is 42.8 Å². The summed E-state index contributed by atoms with van der Waals surface area (Å²) in [4.78, 5) is 2.81. The van der Waals surface area contributed by atoms with Crippen LogP contribution in [0.3, 0.4) is 0 Å². The minimum atomic E-state index is 0.140.